The second-order valence-corrected chi connectivity index (χ2v) is 12.7. The Kier molecular flexibility index (Phi) is 7.14. The van der Waals surface area contributed by atoms with Gasteiger partial charge in [0.05, 0.1) is 6.10 Å². The number of halogens is 1. The Hall–Kier alpha value is -1.17. The Labute approximate surface area is 204 Å². The maximum atomic E-state index is 16.0. The van der Waals surface area contributed by atoms with Crippen molar-refractivity contribution >= 4 is 11.9 Å². The van der Waals surface area contributed by atoms with E-state index in [1.807, 2.05) is 0 Å². The monoisotopic (exact) mass is 480 g/mol. The van der Waals surface area contributed by atoms with Gasteiger partial charge in [0.25, 0.3) is 0 Å². The first-order valence-electron chi connectivity index (χ1n) is 13.7. The number of carbonyl (C=O) groups excluding carboxylic acids is 1. The van der Waals surface area contributed by atoms with Crippen LogP contribution in [0.15, 0.2) is 0 Å². The number of carboxylic acids is 1. The van der Waals surface area contributed by atoms with Crippen LogP contribution >= 0.6 is 0 Å². The summed E-state index contributed by atoms with van der Waals surface area (Å²) in [5, 5.41) is 21.0. The van der Waals surface area contributed by atoms with E-state index in [-0.39, 0.29) is 40.9 Å². The molecule has 194 valence electrons. The summed E-state index contributed by atoms with van der Waals surface area (Å²) < 4.78 is 21.4. The summed E-state index contributed by atoms with van der Waals surface area (Å²) in [6, 6.07) is 0. The van der Waals surface area contributed by atoms with Crippen LogP contribution in [0.1, 0.15) is 92.4 Å². The van der Waals surface area contributed by atoms with Crippen LogP contribution in [0.5, 0.6) is 0 Å². The van der Waals surface area contributed by atoms with Gasteiger partial charge in [-0.2, -0.15) is 0 Å². The molecule has 0 aliphatic heterocycles. The minimum Gasteiger partial charge on any atom is -0.481 e. The Balaban J connectivity index is 1.62. The number of ether oxygens (including phenoxy) is 1. The smallest absolute Gasteiger partial charge is 0.303 e. The first-order valence-corrected chi connectivity index (χ1v) is 13.7. The molecular weight excluding hydrogens is 435 g/mol. The average molecular weight is 481 g/mol. The van der Waals surface area contributed by atoms with Crippen molar-refractivity contribution in [2.24, 2.45) is 52.3 Å². The van der Waals surface area contributed by atoms with Crippen LogP contribution in [0.2, 0.25) is 0 Å². The number of hydrogen-bond acceptors (Lipinski definition) is 4. The van der Waals surface area contributed by atoms with Gasteiger partial charge < -0.3 is 14.9 Å². The number of alkyl halides is 1. The molecule has 4 unspecified atom stereocenters. The largest absolute Gasteiger partial charge is 0.481 e. The lowest BCUT2D eigenvalue weighted by Gasteiger charge is -2.65. The third-order valence-electron chi connectivity index (χ3n) is 11.3. The average Bonchev–Trinajstić information content (AvgIpc) is 3.12. The highest BCUT2D eigenvalue weighted by Gasteiger charge is 2.67. The van der Waals surface area contributed by atoms with Gasteiger partial charge in [0.15, 0.2) is 0 Å². The molecule has 0 bridgehead atoms. The quantitative estimate of drug-likeness (QED) is 0.481. The van der Waals surface area contributed by atoms with E-state index in [0.29, 0.717) is 30.6 Å². The fourth-order valence-electron chi connectivity index (χ4n) is 9.83. The molecule has 4 aliphatic carbocycles. The number of esters is 1. The fraction of sp³-hybridized carbons (Fsp3) is 0.929. The van der Waals surface area contributed by atoms with Crippen LogP contribution in [0.4, 0.5) is 4.39 Å². The van der Waals surface area contributed by atoms with Crippen molar-refractivity contribution in [3.05, 3.63) is 0 Å². The number of carboxylic acid groups (broad SMARTS) is 1. The van der Waals surface area contributed by atoms with Crippen LogP contribution in [0.25, 0.3) is 0 Å². The molecule has 4 aliphatic rings. The minimum atomic E-state index is -1.23. The Morgan fingerprint density at radius 3 is 2.35 bits per heavy atom. The Morgan fingerprint density at radius 2 is 1.74 bits per heavy atom. The van der Waals surface area contributed by atoms with E-state index in [9.17, 15) is 19.8 Å². The molecule has 0 radical (unpaired) electrons. The maximum Gasteiger partial charge on any atom is 0.303 e. The lowest BCUT2D eigenvalue weighted by atomic mass is 9.41. The van der Waals surface area contributed by atoms with Gasteiger partial charge in [0.2, 0.25) is 0 Å². The summed E-state index contributed by atoms with van der Waals surface area (Å²) >= 11 is 0. The molecule has 4 fully saturated rings. The first kappa shape index (κ1) is 25.9. The third kappa shape index (κ3) is 4.00. The standard InChI is InChI=1S/C28H45FO5/c1-6-17-24-25(29)21(34-16(3)30)12-14-28(24,5)20-11-13-27(4)18(15(2)7-10-22(31)32)8-9-19(27)23(20)26(17)33/h15,17-21,23-26,33H,6-14H2,1-5H3,(H,31,32)/t15-,17-,18?,19?,20?,21-,23?,24-,25+,26-,27-,28-/m1/s1. The fourth-order valence-corrected chi connectivity index (χ4v) is 9.83. The van der Waals surface area contributed by atoms with Crippen molar-refractivity contribution in [1.29, 1.82) is 0 Å². The number of rotatable bonds is 6. The molecule has 0 amide bonds. The Bertz CT molecular complexity index is 787. The number of carbonyl (C=O) groups is 2. The van der Waals surface area contributed by atoms with E-state index in [2.05, 4.69) is 27.7 Å². The Morgan fingerprint density at radius 1 is 1.09 bits per heavy atom. The number of aliphatic hydroxyl groups is 1. The highest BCUT2D eigenvalue weighted by Crippen LogP contribution is 2.69. The maximum absolute atomic E-state index is 16.0. The number of aliphatic carboxylic acids is 1. The topological polar surface area (TPSA) is 83.8 Å². The SMILES string of the molecule is CC[C@@H]1[C@@H]2[C@@H](F)[C@H](OC(C)=O)CC[C@]2(C)C2CC[C@@]3(C)C(CCC3[C@H](C)CCC(=O)O)C2[C@@H]1O. The molecule has 5 nitrogen and oxygen atoms in total. The van der Waals surface area contributed by atoms with Gasteiger partial charge in [-0.15, -0.1) is 0 Å². The van der Waals surface area contributed by atoms with E-state index in [0.717, 1.165) is 38.5 Å². The van der Waals surface area contributed by atoms with E-state index >= 15 is 4.39 Å². The molecule has 0 spiro atoms. The molecular formula is C28H45FO5. The molecule has 0 saturated heterocycles. The highest BCUT2D eigenvalue weighted by molar-refractivity contribution is 5.66. The number of fused-ring (bicyclic) bond motifs is 5. The van der Waals surface area contributed by atoms with Crippen molar-refractivity contribution in [1.82, 2.24) is 0 Å². The normalized spacial score (nSPS) is 48.9. The summed E-state index contributed by atoms with van der Waals surface area (Å²) in [6.45, 7) is 10.3. The molecule has 6 heteroatoms. The molecule has 4 rings (SSSR count). The molecule has 0 heterocycles. The van der Waals surface area contributed by atoms with Crippen molar-refractivity contribution in [2.45, 2.75) is 111 Å². The van der Waals surface area contributed by atoms with Crippen molar-refractivity contribution in [3.63, 3.8) is 0 Å². The minimum absolute atomic E-state index is 0.103. The van der Waals surface area contributed by atoms with Crippen molar-refractivity contribution in [3.8, 4) is 0 Å². The van der Waals surface area contributed by atoms with Crippen LogP contribution < -0.4 is 0 Å². The predicted molar refractivity (Wildman–Crippen MR) is 128 cm³/mol. The van der Waals surface area contributed by atoms with E-state index in [1.54, 1.807) is 0 Å². The lowest BCUT2D eigenvalue weighted by molar-refractivity contribution is -0.226. The molecule has 34 heavy (non-hydrogen) atoms. The van der Waals surface area contributed by atoms with Gasteiger partial charge in [-0.25, -0.2) is 4.39 Å². The van der Waals surface area contributed by atoms with Crippen LogP contribution in [0, 0.1) is 52.3 Å². The summed E-state index contributed by atoms with van der Waals surface area (Å²) in [5.74, 6) is 0.0844. The lowest BCUT2D eigenvalue weighted by Crippen LogP contribution is -2.65. The predicted octanol–water partition coefficient (Wildman–Crippen LogP) is 5.63. The molecule has 2 N–H and O–H groups in total. The number of aliphatic hydroxyl groups excluding tert-OH is 1. The van der Waals surface area contributed by atoms with Crippen LogP contribution in [-0.4, -0.2) is 40.5 Å². The van der Waals surface area contributed by atoms with Gasteiger partial charge in [-0.3, -0.25) is 9.59 Å². The summed E-state index contributed by atoms with van der Waals surface area (Å²) in [4.78, 5) is 22.8. The summed E-state index contributed by atoms with van der Waals surface area (Å²) in [7, 11) is 0. The van der Waals surface area contributed by atoms with Gasteiger partial charge >= 0.3 is 11.9 Å². The van der Waals surface area contributed by atoms with E-state index in [1.165, 1.54) is 6.92 Å². The van der Waals surface area contributed by atoms with E-state index in [4.69, 9.17) is 4.74 Å². The van der Waals surface area contributed by atoms with Gasteiger partial charge in [-0.1, -0.05) is 34.1 Å². The third-order valence-corrected chi connectivity index (χ3v) is 11.3. The molecule has 0 aromatic heterocycles. The summed E-state index contributed by atoms with van der Waals surface area (Å²) in [5.41, 5.74) is -0.0966. The molecule has 4 saturated carbocycles. The van der Waals surface area contributed by atoms with Gasteiger partial charge in [0, 0.05) is 19.3 Å². The van der Waals surface area contributed by atoms with Crippen LogP contribution in [0.3, 0.4) is 0 Å². The highest BCUT2D eigenvalue weighted by atomic mass is 19.1. The summed E-state index contributed by atoms with van der Waals surface area (Å²) in [6.07, 6.45) is 4.78. The van der Waals surface area contributed by atoms with Gasteiger partial charge in [0.1, 0.15) is 12.3 Å². The van der Waals surface area contributed by atoms with Crippen molar-refractivity contribution in [2.75, 3.05) is 0 Å². The van der Waals surface area contributed by atoms with Crippen LogP contribution in [-0.2, 0) is 14.3 Å². The zero-order valence-corrected chi connectivity index (χ0v) is 21.6. The zero-order valence-electron chi connectivity index (χ0n) is 21.6. The zero-order chi connectivity index (χ0) is 25.0. The van der Waals surface area contributed by atoms with E-state index < -0.39 is 30.3 Å². The molecule has 12 atom stereocenters. The van der Waals surface area contributed by atoms with Crippen molar-refractivity contribution < 1.29 is 28.9 Å². The number of hydrogen-bond donors (Lipinski definition) is 2. The first-order chi connectivity index (χ1) is 16.0. The second-order valence-electron chi connectivity index (χ2n) is 12.7. The molecule has 0 aromatic rings. The second kappa shape index (κ2) is 9.37. The van der Waals surface area contributed by atoms with Gasteiger partial charge in [-0.05, 0) is 91.3 Å². The molecule has 0 aromatic carbocycles.